The van der Waals surface area contributed by atoms with Crippen LogP contribution in [0.25, 0.3) is 6.08 Å². The van der Waals surface area contributed by atoms with Gasteiger partial charge in [-0.3, -0.25) is 0 Å². The van der Waals surface area contributed by atoms with E-state index >= 15 is 0 Å². The Hall–Kier alpha value is -1.29. The molecular weight excluding hydrogens is 330 g/mol. The van der Waals surface area contributed by atoms with Gasteiger partial charge >= 0.3 is 5.97 Å². The van der Waals surface area contributed by atoms with Gasteiger partial charge in [-0.25, -0.2) is 4.79 Å². The van der Waals surface area contributed by atoms with E-state index in [1.54, 1.807) is 0 Å². The Balaban J connectivity index is 2.22. The van der Waals surface area contributed by atoms with Crippen LogP contribution >= 0.6 is 15.9 Å². The van der Waals surface area contributed by atoms with Crippen LogP contribution in [-0.2, 0) is 9.53 Å². The fourth-order valence-corrected chi connectivity index (χ4v) is 2.99. The third-order valence-electron chi connectivity index (χ3n) is 3.62. The highest BCUT2D eigenvalue weighted by molar-refractivity contribution is 9.10. The topological polar surface area (TPSA) is 29.5 Å². The number of benzene rings is 1. The van der Waals surface area contributed by atoms with Gasteiger partial charge in [-0.1, -0.05) is 28.8 Å². The zero-order chi connectivity index (χ0) is 15.1. The van der Waals surface area contributed by atoms with Crippen molar-refractivity contribution < 1.29 is 9.53 Å². The first kappa shape index (κ1) is 16.1. The smallest absolute Gasteiger partial charge is 0.330 e. The second-order valence-electron chi connectivity index (χ2n) is 5.19. The van der Waals surface area contributed by atoms with Crippen LogP contribution < -0.4 is 4.90 Å². The summed E-state index contributed by atoms with van der Waals surface area (Å²) >= 11 is 3.50. The fraction of sp³-hybridized carbons (Fsp3) is 0.471. The summed E-state index contributed by atoms with van der Waals surface area (Å²) in [6.45, 7) is 4.39. The number of halogens is 1. The van der Waals surface area contributed by atoms with Crippen molar-refractivity contribution in [2.75, 3.05) is 24.6 Å². The second-order valence-corrected chi connectivity index (χ2v) is 6.11. The third-order valence-corrected chi connectivity index (χ3v) is 4.12. The molecule has 1 heterocycles. The quantitative estimate of drug-likeness (QED) is 0.594. The summed E-state index contributed by atoms with van der Waals surface area (Å²) in [7, 11) is 0. The van der Waals surface area contributed by atoms with Gasteiger partial charge in [0.25, 0.3) is 0 Å². The molecule has 0 saturated carbocycles. The maximum atomic E-state index is 11.5. The predicted molar refractivity (Wildman–Crippen MR) is 90.5 cm³/mol. The summed E-state index contributed by atoms with van der Waals surface area (Å²) < 4.78 is 5.97. The van der Waals surface area contributed by atoms with Crippen molar-refractivity contribution in [1.29, 1.82) is 0 Å². The molecule has 0 unspecified atom stereocenters. The Bertz CT molecular complexity index is 506. The molecular formula is C17H22BrNO2. The lowest BCUT2D eigenvalue weighted by molar-refractivity contribution is -0.137. The van der Waals surface area contributed by atoms with Crippen LogP contribution in [0.4, 0.5) is 5.69 Å². The highest BCUT2D eigenvalue weighted by atomic mass is 79.9. The number of hydrogen-bond acceptors (Lipinski definition) is 3. The van der Waals surface area contributed by atoms with Crippen molar-refractivity contribution in [3.63, 3.8) is 0 Å². The van der Waals surface area contributed by atoms with Gasteiger partial charge in [-0.2, -0.15) is 0 Å². The van der Waals surface area contributed by atoms with Crippen molar-refractivity contribution in [1.82, 2.24) is 0 Å². The van der Waals surface area contributed by atoms with Crippen LogP contribution in [0, 0.1) is 0 Å². The normalized spacial score (nSPS) is 16.0. The zero-order valence-electron chi connectivity index (χ0n) is 12.5. The van der Waals surface area contributed by atoms with Crippen LogP contribution in [0.2, 0.25) is 0 Å². The number of esters is 1. The van der Waals surface area contributed by atoms with Crippen molar-refractivity contribution in [2.45, 2.75) is 32.6 Å². The van der Waals surface area contributed by atoms with Gasteiger partial charge in [0, 0.05) is 29.3 Å². The van der Waals surface area contributed by atoms with Crippen LogP contribution in [0.1, 0.15) is 38.2 Å². The Kier molecular flexibility index (Phi) is 6.30. The predicted octanol–water partition coefficient (Wildman–Crippen LogP) is 4.41. The molecule has 1 aromatic carbocycles. The number of carbonyl (C=O) groups excluding carboxylic acids is 1. The number of ether oxygens (including phenoxy) is 1. The summed E-state index contributed by atoms with van der Waals surface area (Å²) in [4.78, 5) is 13.9. The van der Waals surface area contributed by atoms with Gasteiger partial charge in [-0.15, -0.1) is 0 Å². The molecule has 0 bridgehead atoms. The number of rotatable bonds is 4. The number of hydrogen-bond donors (Lipinski definition) is 0. The van der Waals surface area contributed by atoms with Crippen LogP contribution in [0.15, 0.2) is 28.7 Å². The maximum absolute atomic E-state index is 11.5. The average molecular weight is 352 g/mol. The zero-order valence-corrected chi connectivity index (χ0v) is 14.1. The summed E-state index contributed by atoms with van der Waals surface area (Å²) in [5.74, 6) is -0.292. The second kappa shape index (κ2) is 8.23. The molecule has 0 aliphatic carbocycles. The molecule has 3 nitrogen and oxygen atoms in total. The first-order valence-electron chi connectivity index (χ1n) is 7.60. The molecule has 4 heteroatoms. The molecule has 114 valence electrons. The first-order valence-corrected chi connectivity index (χ1v) is 8.39. The average Bonchev–Trinajstić information content (AvgIpc) is 2.74. The Labute approximate surface area is 135 Å². The van der Waals surface area contributed by atoms with E-state index < -0.39 is 0 Å². The molecule has 1 aliphatic heterocycles. The maximum Gasteiger partial charge on any atom is 0.330 e. The molecule has 1 fully saturated rings. The largest absolute Gasteiger partial charge is 0.463 e. The van der Waals surface area contributed by atoms with Gasteiger partial charge < -0.3 is 9.64 Å². The number of carbonyl (C=O) groups is 1. The fourth-order valence-electron chi connectivity index (χ4n) is 2.61. The molecule has 0 aromatic heterocycles. The summed E-state index contributed by atoms with van der Waals surface area (Å²) in [5, 5.41) is 0. The highest BCUT2D eigenvalue weighted by Gasteiger charge is 2.13. The molecule has 0 radical (unpaired) electrons. The SMILES string of the molecule is CCOC(=O)C=Cc1cc(Br)ccc1N1CCCCCC1. The van der Waals surface area contributed by atoms with E-state index in [1.165, 1.54) is 37.4 Å². The van der Waals surface area contributed by atoms with Crippen molar-refractivity contribution in [2.24, 2.45) is 0 Å². The van der Waals surface area contributed by atoms with Crippen LogP contribution in [0.3, 0.4) is 0 Å². The van der Waals surface area contributed by atoms with Gasteiger partial charge in [0.2, 0.25) is 0 Å². The van der Waals surface area contributed by atoms with Crippen molar-refractivity contribution in [3.05, 3.63) is 34.3 Å². The number of nitrogens with zero attached hydrogens (tertiary/aromatic N) is 1. The molecule has 1 saturated heterocycles. The Morgan fingerprint density at radius 3 is 2.67 bits per heavy atom. The minimum absolute atomic E-state index is 0.292. The monoisotopic (exact) mass is 351 g/mol. The lowest BCUT2D eigenvalue weighted by Gasteiger charge is -2.24. The van der Waals surface area contributed by atoms with E-state index in [9.17, 15) is 4.79 Å². The minimum Gasteiger partial charge on any atom is -0.463 e. The number of anilines is 1. The Morgan fingerprint density at radius 2 is 2.00 bits per heavy atom. The molecule has 0 atom stereocenters. The van der Waals surface area contributed by atoms with E-state index in [-0.39, 0.29) is 5.97 Å². The molecule has 2 rings (SSSR count). The first-order chi connectivity index (χ1) is 10.2. The van der Waals surface area contributed by atoms with Crippen molar-refractivity contribution in [3.8, 4) is 0 Å². The third kappa shape index (κ3) is 4.88. The Morgan fingerprint density at radius 1 is 1.29 bits per heavy atom. The van der Waals surface area contributed by atoms with E-state index in [2.05, 4.69) is 39.0 Å². The molecule has 1 aromatic rings. The lowest BCUT2D eigenvalue weighted by atomic mass is 10.1. The minimum atomic E-state index is -0.292. The molecule has 1 aliphatic rings. The molecule has 0 amide bonds. The van der Waals surface area contributed by atoms with Crippen LogP contribution in [0.5, 0.6) is 0 Å². The molecule has 0 spiro atoms. The molecule has 21 heavy (non-hydrogen) atoms. The summed E-state index contributed by atoms with van der Waals surface area (Å²) in [6.07, 6.45) is 8.44. The van der Waals surface area contributed by atoms with Gasteiger partial charge in [0.15, 0.2) is 0 Å². The molecule has 0 N–H and O–H groups in total. The van der Waals surface area contributed by atoms with E-state index in [0.29, 0.717) is 6.61 Å². The van der Waals surface area contributed by atoms with E-state index in [0.717, 1.165) is 23.1 Å². The summed E-state index contributed by atoms with van der Waals surface area (Å²) in [6, 6.07) is 6.23. The van der Waals surface area contributed by atoms with E-state index in [4.69, 9.17) is 4.74 Å². The van der Waals surface area contributed by atoms with Gasteiger partial charge in [-0.05, 0) is 49.6 Å². The standard InChI is InChI=1S/C17H22BrNO2/c1-2-21-17(20)10-7-14-13-15(18)8-9-16(14)19-11-5-3-4-6-12-19/h7-10,13H,2-6,11-12H2,1H3. The highest BCUT2D eigenvalue weighted by Crippen LogP contribution is 2.28. The lowest BCUT2D eigenvalue weighted by Crippen LogP contribution is -2.24. The van der Waals surface area contributed by atoms with Gasteiger partial charge in [0.1, 0.15) is 0 Å². The van der Waals surface area contributed by atoms with Gasteiger partial charge in [0.05, 0.1) is 6.61 Å². The van der Waals surface area contributed by atoms with Crippen LogP contribution in [-0.4, -0.2) is 25.7 Å². The van der Waals surface area contributed by atoms with Crippen molar-refractivity contribution >= 4 is 33.7 Å². The van der Waals surface area contributed by atoms with E-state index in [1.807, 2.05) is 13.0 Å². The summed E-state index contributed by atoms with van der Waals surface area (Å²) in [5.41, 5.74) is 2.25.